The van der Waals surface area contributed by atoms with Gasteiger partial charge in [-0.05, 0) is 23.7 Å². The molecule has 0 amide bonds. The Bertz CT molecular complexity index is 331. The Balaban J connectivity index is 3.13. The molecule has 0 saturated carbocycles. The molecule has 0 aliphatic heterocycles. The maximum atomic E-state index is 13.0. The van der Waals surface area contributed by atoms with Crippen molar-refractivity contribution >= 4 is 32.8 Å². The van der Waals surface area contributed by atoms with Gasteiger partial charge < -0.3 is 0 Å². The minimum Gasteiger partial charge on any atom is -0.281 e. The number of hydrogen-bond acceptors (Lipinski definition) is 1. The first-order valence-corrected chi connectivity index (χ1v) is 4.49. The predicted octanol–water partition coefficient (Wildman–Crippen LogP) is 3.04. The molecule has 13 heavy (non-hydrogen) atoms. The normalized spacial score (nSPS) is 10.2. The lowest BCUT2D eigenvalue weighted by atomic mass is 10.1. The fourth-order valence-electron chi connectivity index (χ4n) is 0.880. The van der Waals surface area contributed by atoms with Crippen molar-refractivity contribution in [1.29, 1.82) is 0 Å². The molecular formula is C8H4BrClF2O. The number of carbonyl (C=O) groups excluding carboxylic acids is 1. The molecule has 1 aromatic carbocycles. The molecule has 0 unspecified atom stereocenters. The van der Waals surface area contributed by atoms with E-state index in [1.165, 1.54) is 0 Å². The zero-order valence-electron chi connectivity index (χ0n) is 6.28. The molecule has 0 fully saturated rings. The van der Waals surface area contributed by atoms with Crippen molar-refractivity contribution in [3.63, 3.8) is 0 Å². The Morgan fingerprint density at radius 2 is 1.85 bits per heavy atom. The van der Waals surface area contributed by atoms with Crippen LogP contribution in [0.25, 0.3) is 0 Å². The standard InChI is InChI=1S/C8H4BrClF2O/c9-4-1-6(11)5(3-8(10)13)7(12)2-4/h1-2H,3H2. The minimum atomic E-state index is -0.792. The maximum Gasteiger partial charge on any atom is 0.226 e. The molecule has 0 aromatic heterocycles. The van der Waals surface area contributed by atoms with Crippen LogP contribution in [0.15, 0.2) is 16.6 Å². The molecule has 0 saturated heterocycles. The van der Waals surface area contributed by atoms with Crippen LogP contribution in [0, 0.1) is 11.6 Å². The topological polar surface area (TPSA) is 17.1 Å². The number of rotatable bonds is 2. The number of hydrogen-bond donors (Lipinski definition) is 0. The summed E-state index contributed by atoms with van der Waals surface area (Å²) >= 11 is 7.93. The highest BCUT2D eigenvalue weighted by molar-refractivity contribution is 9.10. The van der Waals surface area contributed by atoms with E-state index in [2.05, 4.69) is 15.9 Å². The van der Waals surface area contributed by atoms with E-state index in [4.69, 9.17) is 11.6 Å². The van der Waals surface area contributed by atoms with Gasteiger partial charge in [0.25, 0.3) is 0 Å². The summed E-state index contributed by atoms with van der Waals surface area (Å²) in [6.07, 6.45) is -0.438. The Labute approximate surface area is 86.8 Å². The summed E-state index contributed by atoms with van der Waals surface area (Å²) in [5.41, 5.74) is -0.303. The van der Waals surface area contributed by atoms with Gasteiger partial charge in [-0.25, -0.2) is 8.78 Å². The van der Waals surface area contributed by atoms with Gasteiger partial charge in [-0.1, -0.05) is 15.9 Å². The van der Waals surface area contributed by atoms with E-state index in [1.54, 1.807) is 0 Å². The predicted molar refractivity (Wildman–Crippen MR) is 48.6 cm³/mol. The molecule has 0 aliphatic rings. The minimum absolute atomic E-state index is 0.285. The zero-order valence-corrected chi connectivity index (χ0v) is 8.62. The van der Waals surface area contributed by atoms with Crippen molar-refractivity contribution in [3.05, 3.63) is 33.8 Å². The third-order valence-corrected chi connectivity index (χ3v) is 2.01. The molecule has 0 spiro atoms. The second-order valence-corrected chi connectivity index (χ2v) is 3.72. The summed E-state index contributed by atoms with van der Waals surface area (Å²) in [5.74, 6) is -1.55. The molecule has 0 bridgehead atoms. The molecule has 70 valence electrons. The van der Waals surface area contributed by atoms with Crippen molar-refractivity contribution in [3.8, 4) is 0 Å². The zero-order chi connectivity index (χ0) is 10.0. The highest BCUT2D eigenvalue weighted by Gasteiger charge is 2.12. The van der Waals surface area contributed by atoms with Gasteiger partial charge in [-0.15, -0.1) is 0 Å². The Hall–Kier alpha value is -0.480. The third-order valence-electron chi connectivity index (χ3n) is 1.42. The van der Waals surface area contributed by atoms with Gasteiger partial charge >= 0.3 is 0 Å². The molecule has 5 heteroatoms. The number of halogens is 4. The van der Waals surface area contributed by atoms with Gasteiger partial charge in [0.1, 0.15) is 11.6 Å². The molecule has 0 heterocycles. The van der Waals surface area contributed by atoms with Gasteiger partial charge in [0.05, 0.1) is 6.42 Å². The van der Waals surface area contributed by atoms with Gasteiger partial charge in [-0.2, -0.15) is 0 Å². The van der Waals surface area contributed by atoms with Gasteiger partial charge in [0.15, 0.2) is 0 Å². The van der Waals surface area contributed by atoms with Crippen LogP contribution in [0.5, 0.6) is 0 Å². The highest BCUT2D eigenvalue weighted by Crippen LogP contribution is 2.20. The van der Waals surface area contributed by atoms with Crippen LogP contribution in [-0.4, -0.2) is 5.24 Å². The first kappa shape index (κ1) is 10.6. The Morgan fingerprint density at radius 3 is 2.23 bits per heavy atom. The van der Waals surface area contributed by atoms with Crippen LogP contribution in [-0.2, 0) is 11.2 Å². The Morgan fingerprint density at radius 1 is 1.38 bits per heavy atom. The first-order valence-electron chi connectivity index (χ1n) is 3.32. The molecule has 1 nitrogen and oxygen atoms in total. The van der Waals surface area contributed by atoms with E-state index < -0.39 is 23.3 Å². The van der Waals surface area contributed by atoms with E-state index in [0.717, 1.165) is 12.1 Å². The summed E-state index contributed by atoms with van der Waals surface area (Å²) in [4.78, 5) is 10.4. The lowest BCUT2D eigenvalue weighted by molar-refractivity contribution is -0.111. The second-order valence-electron chi connectivity index (χ2n) is 2.38. The summed E-state index contributed by atoms with van der Waals surface area (Å²) in [5, 5.41) is -0.792. The van der Waals surface area contributed by atoms with E-state index in [9.17, 15) is 13.6 Å². The van der Waals surface area contributed by atoms with Gasteiger partial charge in [-0.3, -0.25) is 4.79 Å². The van der Waals surface area contributed by atoms with Crippen LogP contribution >= 0.6 is 27.5 Å². The fraction of sp³-hybridized carbons (Fsp3) is 0.125. The van der Waals surface area contributed by atoms with Crippen molar-refractivity contribution < 1.29 is 13.6 Å². The smallest absolute Gasteiger partial charge is 0.226 e. The summed E-state index contributed by atoms with van der Waals surface area (Å²) < 4.78 is 26.3. The third kappa shape index (κ3) is 2.74. The van der Waals surface area contributed by atoms with Crippen LogP contribution in [0.3, 0.4) is 0 Å². The Kier molecular flexibility index (Phi) is 3.39. The van der Waals surface area contributed by atoms with Crippen molar-refractivity contribution in [1.82, 2.24) is 0 Å². The van der Waals surface area contributed by atoms with Crippen LogP contribution < -0.4 is 0 Å². The summed E-state index contributed by atoms with van der Waals surface area (Å²) in [6, 6.07) is 2.16. The highest BCUT2D eigenvalue weighted by atomic mass is 79.9. The lowest BCUT2D eigenvalue weighted by Gasteiger charge is -2.02. The largest absolute Gasteiger partial charge is 0.281 e. The molecule has 0 radical (unpaired) electrons. The molecule has 1 rings (SSSR count). The van der Waals surface area contributed by atoms with E-state index in [0.29, 0.717) is 0 Å². The van der Waals surface area contributed by atoms with E-state index in [1.807, 2.05) is 0 Å². The van der Waals surface area contributed by atoms with Gasteiger partial charge in [0.2, 0.25) is 5.24 Å². The van der Waals surface area contributed by atoms with Crippen LogP contribution in [0.4, 0.5) is 8.78 Å². The van der Waals surface area contributed by atoms with Crippen molar-refractivity contribution in [2.75, 3.05) is 0 Å². The molecule has 0 N–H and O–H groups in total. The van der Waals surface area contributed by atoms with Crippen LogP contribution in [0.2, 0.25) is 0 Å². The maximum absolute atomic E-state index is 13.0. The van der Waals surface area contributed by atoms with E-state index in [-0.39, 0.29) is 10.0 Å². The SMILES string of the molecule is O=C(Cl)Cc1c(F)cc(Br)cc1F. The molecule has 0 aliphatic carbocycles. The lowest BCUT2D eigenvalue weighted by Crippen LogP contribution is -2.01. The molecular weight excluding hydrogens is 265 g/mol. The van der Waals surface area contributed by atoms with Crippen molar-refractivity contribution in [2.45, 2.75) is 6.42 Å². The van der Waals surface area contributed by atoms with Crippen molar-refractivity contribution in [2.24, 2.45) is 0 Å². The van der Waals surface area contributed by atoms with Crippen LogP contribution in [0.1, 0.15) is 5.56 Å². The number of benzene rings is 1. The van der Waals surface area contributed by atoms with Gasteiger partial charge in [0, 0.05) is 10.0 Å². The first-order chi connectivity index (χ1) is 6.00. The fourth-order valence-corrected chi connectivity index (χ4v) is 1.42. The summed E-state index contributed by atoms with van der Waals surface area (Å²) in [7, 11) is 0. The van der Waals surface area contributed by atoms with E-state index >= 15 is 0 Å². The number of carbonyl (C=O) groups is 1. The second kappa shape index (κ2) is 4.15. The summed E-state index contributed by atoms with van der Waals surface area (Å²) in [6.45, 7) is 0. The average Bonchev–Trinajstić information content (AvgIpc) is 1.96. The monoisotopic (exact) mass is 268 g/mol. The molecule has 1 aromatic rings. The quantitative estimate of drug-likeness (QED) is 0.754. The average molecular weight is 269 g/mol. The molecule has 0 atom stereocenters.